The predicted octanol–water partition coefficient (Wildman–Crippen LogP) is 6.35. The Morgan fingerprint density at radius 1 is 0.962 bits per heavy atom. The first-order valence-corrected chi connectivity index (χ1v) is 17.2. The van der Waals surface area contributed by atoms with E-state index >= 15 is 0 Å². The number of aryl methyl sites for hydroxylation is 1. The van der Waals surface area contributed by atoms with Crippen molar-refractivity contribution in [2.45, 2.75) is 45.9 Å². The van der Waals surface area contributed by atoms with Crippen LogP contribution in [0.3, 0.4) is 0 Å². The molecule has 8 rings (SSSR count). The normalized spacial score (nSPS) is 13.3. The van der Waals surface area contributed by atoms with Crippen LogP contribution in [0.5, 0.6) is 5.75 Å². The predicted molar refractivity (Wildman–Crippen MR) is 201 cm³/mol. The fourth-order valence-electron chi connectivity index (χ4n) is 6.47. The third-order valence-electron chi connectivity index (χ3n) is 8.96. The second kappa shape index (κ2) is 14.8. The quantitative estimate of drug-likeness (QED) is 0.126. The van der Waals surface area contributed by atoms with Gasteiger partial charge in [0, 0.05) is 41.6 Å². The number of nitrogen functional groups attached to an aromatic ring is 2. The molecule has 0 fully saturated rings. The van der Waals surface area contributed by atoms with Crippen molar-refractivity contribution in [3.63, 3.8) is 0 Å². The number of anilines is 2. The molecule has 1 unspecified atom stereocenters. The Morgan fingerprint density at radius 3 is 2.58 bits per heavy atom. The Kier molecular flexibility index (Phi) is 9.63. The fourth-order valence-corrected chi connectivity index (χ4v) is 6.47. The van der Waals surface area contributed by atoms with E-state index in [9.17, 15) is 9.90 Å². The van der Waals surface area contributed by atoms with Gasteiger partial charge in [-0.25, -0.2) is 19.6 Å². The van der Waals surface area contributed by atoms with Crippen LogP contribution in [-0.2, 0) is 19.6 Å². The molecule has 1 amide bonds. The van der Waals surface area contributed by atoms with Crippen molar-refractivity contribution < 1.29 is 14.6 Å². The molecular weight excluding hydrogens is 654 g/mol. The van der Waals surface area contributed by atoms with Gasteiger partial charge in [-0.1, -0.05) is 50.2 Å². The molecule has 1 aliphatic carbocycles. The van der Waals surface area contributed by atoms with E-state index in [0.717, 1.165) is 28.8 Å². The number of aliphatic hydroxyl groups is 1. The molecule has 52 heavy (non-hydrogen) atoms. The molecule has 0 saturated heterocycles. The van der Waals surface area contributed by atoms with Gasteiger partial charge in [0.15, 0.2) is 17.3 Å². The maximum atomic E-state index is 13.6. The molecule has 0 radical (unpaired) electrons. The van der Waals surface area contributed by atoms with Crippen LogP contribution < -0.4 is 21.5 Å². The van der Waals surface area contributed by atoms with Crippen LogP contribution in [0.1, 0.15) is 58.9 Å². The van der Waals surface area contributed by atoms with Gasteiger partial charge in [-0.15, -0.1) is 0 Å². The number of rotatable bonds is 9. The number of nitrogens with one attached hydrogen (secondary N) is 1. The molecule has 0 spiro atoms. The molecule has 1 aliphatic rings. The molecular formula is C40H39N9O3. The molecule has 0 aliphatic heterocycles. The molecule has 12 nitrogen and oxygen atoms in total. The average molecular weight is 694 g/mol. The van der Waals surface area contributed by atoms with E-state index in [1.54, 1.807) is 29.2 Å². The van der Waals surface area contributed by atoms with Crippen molar-refractivity contribution in [3.8, 4) is 28.6 Å². The van der Waals surface area contributed by atoms with Crippen LogP contribution in [-0.4, -0.2) is 40.3 Å². The van der Waals surface area contributed by atoms with E-state index in [2.05, 4.69) is 21.5 Å². The summed E-state index contributed by atoms with van der Waals surface area (Å²) in [6, 6.07) is 28.2. The molecule has 7 aromatic rings. The summed E-state index contributed by atoms with van der Waals surface area (Å²) in [7, 11) is 0. The summed E-state index contributed by atoms with van der Waals surface area (Å²) in [4.78, 5) is 27.8. The Bertz CT molecular complexity index is 2350. The molecule has 3 aromatic carbocycles. The van der Waals surface area contributed by atoms with Gasteiger partial charge in [0.25, 0.3) is 5.91 Å². The summed E-state index contributed by atoms with van der Waals surface area (Å²) in [5.41, 5.74) is 19.7. The minimum atomic E-state index is -0.320. The van der Waals surface area contributed by atoms with Gasteiger partial charge < -0.3 is 26.6 Å². The first-order chi connectivity index (χ1) is 25.5. The minimum Gasteiger partial charge on any atom is -0.488 e. The molecule has 6 N–H and O–H groups in total. The maximum Gasteiger partial charge on any atom is 0.253 e. The summed E-state index contributed by atoms with van der Waals surface area (Å²) in [5.74, 6) is 1.75. The number of aromatic nitrogens is 6. The third kappa shape index (κ3) is 6.54. The lowest BCUT2D eigenvalue weighted by Crippen LogP contribution is -2.28. The number of nitrogens with two attached hydrogens (primary N) is 2. The Labute approximate surface area is 300 Å². The Balaban J connectivity index is 0.00000207. The SMILES string of the molecule is CC.Nc1cc(OCc2ccccc2)c(CO)cc1C(=O)NC1CCc2cc(-n3c(-c4cccnc4N)nc4ccc(-n5cccn5)nc43)ccc21. The smallest absolute Gasteiger partial charge is 0.253 e. The van der Waals surface area contributed by atoms with Crippen LogP contribution in [0.4, 0.5) is 11.5 Å². The maximum absolute atomic E-state index is 13.6. The van der Waals surface area contributed by atoms with E-state index in [1.165, 1.54) is 0 Å². The number of carbonyl (C=O) groups is 1. The van der Waals surface area contributed by atoms with Crippen molar-refractivity contribution in [3.05, 3.63) is 137 Å². The van der Waals surface area contributed by atoms with Crippen LogP contribution in [0.2, 0.25) is 0 Å². The van der Waals surface area contributed by atoms with E-state index in [0.29, 0.717) is 58.5 Å². The highest BCUT2D eigenvalue weighted by atomic mass is 16.5. The van der Waals surface area contributed by atoms with Gasteiger partial charge >= 0.3 is 0 Å². The average Bonchev–Trinajstić information content (AvgIpc) is 3.94. The molecule has 262 valence electrons. The summed E-state index contributed by atoms with van der Waals surface area (Å²) >= 11 is 0. The summed E-state index contributed by atoms with van der Waals surface area (Å²) < 4.78 is 9.64. The zero-order valence-corrected chi connectivity index (χ0v) is 28.9. The highest BCUT2D eigenvalue weighted by Gasteiger charge is 2.27. The number of nitrogens with zero attached hydrogens (tertiary/aromatic N) is 6. The number of fused-ring (bicyclic) bond motifs is 2. The largest absolute Gasteiger partial charge is 0.488 e. The third-order valence-corrected chi connectivity index (χ3v) is 8.96. The lowest BCUT2D eigenvalue weighted by atomic mass is 10.0. The highest BCUT2D eigenvalue weighted by Crippen LogP contribution is 2.36. The van der Waals surface area contributed by atoms with E-state index in [4.69, 9.17) is 26.2 Å². The number of amides is 1. The van der Waals surface area contributed by atoms with Crippen molar-refractivity contribution >= 4 is 28.6 Å². The number of imidazole rings is 1. The first kappa shape index (κ1) is 33.9. The van der Waals surface area contributed by atoms with Gasteiger partial charge in [-0.2, -0.15) is 5.10 Å². The zero-order chi connectivity index (χ0) is 36.2. The van der Waals surface area contributed by atoms with E-state index in [1.807, 2.05) is 97.4 Å². The number of hydrogen-bond donors (Lipinski definition) is 4. The number of ether oxygens (including phenoxy) is 1. The van der Waals surface area contributed by atoms with Gasteiger partial charge in [0.05, 0.1) is 23.8 Å². The minimum absolute atomic E-state index is 0.227. The Morgan fingerprint density at radius 2 is 1.81 bits per heavy atom. The lowest BCUT2D eigenvalue weighted by molar-refractivity contribution is 0.0937. The summed E-state index contributed by atoms with van der Waals surface area (Å²) in [6.07, 6.45) is 6.66. The topological polar surface area (TPSA) is 172 Å². The van der Waals surface area contributed by atoms with Gasteiger partial charge in [0.2, 0.25) is 0 Å². The van der Waals surface area contributed by atoms with Crippen molar-refractivity contribution in [1.29, 1.82) is 0 Å². The Hall–Kier alpha value is -6.53. The van der Waals surface area contributed by atoms with Gasteiger partial charge in [-0.3, -0.25) is 9.36 Å². The zero-order valence-electron chi connectivity index (χ0n) is 28.9. The fraction of sp³-hybridized carbons (Fsp3) is 0.175. The first-order valence-electron chi connectivity index (χ1n) is 17.2. The van der Waals surface area contributed by atoms with Crippen LogP contribution in [0.25, 0.3) is 34.1 Å². The van der Waals surface area contributed by atoms with Crippen molar-refractivity contribution in [1.82, 2.24) is 34.6 Å². The van der Waals surface area contributed by atoms with Crippen LogP contribution in [0, 0.1) is 0 Å². The van der Waals surface area contributed by atoms with E-state index in [-0.39, 0.29) is 29.8 Å². The van der Waals surface area contributed by atoms with Crippen LogP contribution >= 0.6 is 0 Å². The van der Waals surface area contributed by atoms with Gasteiger partial charge in [-0.05, 0) is 78.1 Å². The van der Waals surface area contributed by atoms with E-state index < -0.39 is 0 Å². The van der Waals surface area contributed by atoms with Crippen molar-refractivity contribution in [2.24, 2.45) is 0 Å². The molecule has 0 bridgehead atoms. The standard InChI is InChI=1S/C38H33N9O3.C2H6/c39-30-20-33(50-22-23-6-2-1-3-7-23)25(21-48)19-29(30)38(49)44-31-12-9-24-18-26(10-11-27(24)31)47-36(28-8-4-15-41-35(28)40)43-32-13-14-34(45-37(32)47)46-17-5-16-42-46;1-2/h1-8,10-11,13-20,31,48H,9,12,21-22,39H2,(H2,40,41)(H,44,49);1-2H3. The molecule has 1 atom stereocenters. The van der Waals surface area contributed by atoms with Crippen molar-refractivity contribution in [2.75, 3.05) is 11.5 Å². The monoisotopic (exact) mass is 693 g/mol. The number of aliphatic hydroxyl groups excluding tert-OH is 1. The lowest BCUT2D eigenvalue weighted by Gasteiger charge is -2.18. The second-order valence-corrected chi connectivity index (χ2v) is 12.1. The number of carbonyl (C=O) groups excluding carboxylic acids is 1. The number of pyridine rings is 2. The van der Waals surface area contributed by atoms with Crippen LogP contribution in [0.15, 0.2) is 110 Å². The summed E-state index contributed by atoms with van der Waals surface area (Å²) in [6.45, 7) is 4.01. The number of hydrogen-bond acceptors (Lipinski definition) is 9. The molecule has 4 aromatic heterocycles. The molecule has 12 heteroatoms. The second-order valence-electron chi connectivity index (χ2n) is 12.1. The highest BCUT2D eigenvalue weighted by molar-refractivity contribution is 6.00. The molecule has 4 heterocycles. The summed E-state index contributed by atoms with van der Waals surface area (Å²) in [5, 5.41) is 17.6. The molecule has 0 saturated carbocycles. The number of benzene rings is 3. The van der Waals surface area contributed by atoms with Gasteiger partial charge in [0.1, 0.15) is 23.7 Å².